The SMILES string of the molecule is Br[C@H]1C[C@@H]1OCc1ccccc1. The number of hydrogen-bond acceptors (Lipinski definition) is 1. The van der Waals surface area contributed by atoms with Gasteiger partial charge in [0.25, 0.3) is 0 Å². The van der Waals surface area contributed by atoms with Gasteiger partial charge in [0.1, 0.15) is 0 Å². The molecule has 0 radical (unpaired) electrons. The van der Waals surface area contributed by atoms with Gasteiger partial charge >= 0.3 is 0 Å². The van der Waals surface area contributed by atoms with Crippen molar-refractivity contribution in [1.82, 2.24) is 0 Å². The van der Waals surface area contributed by atoms with Crippen molar-refractivity contribution in [3.8, 4) is 0 Å². The zero-order valence-electron chi connectivity index (χ0n) is 6.74. The van der Waals surface area contributed by atoms with Crippen molar-refractivity contribution in [2.45, 2.75) is 24.0 Å². The van der Waals surface area contributed by atoms with Gasteiger partial charge in [-0.2, -0.15) is 0 Å². The smallest absolute Gasteiger partial charge is 0.0721 e. The van der Waals surface area contributed by atoms with E-state index in [1.54, 1.807) is 0 Å². The standard InChI is InChI=1S/C10H11BrO/c11-9-6-10(9)12-7-8-4-2-1-3-5-8/h1-5,9-10H,6-7H2/t9-,10-/m0/s1. The summed E-state index contributed by atoms with van der Waals surface area (Å²) in [5.74, 6) is 0. The lowest BCUT2D eigenvalue weighted by atomic mass is 10.2. The molecule has 1 aromatic carbocycles. The van der Waals surface area contributed by atoms with Gasteiger partial charge in [-0.3, -0.25) is 0 Å². The van der Waals surface area contributed by atoms with Gasteiger partial charge < -0.3 is 4.74 Å². The summed E-state index contributed by atoms with van der Waals surface area (Å²) in [6.07, 6.45) is 1.61. The first kappa shape index (κ1) is 8.27. The molecule has 0 aromatic heterocycles. The van der Waals surface area contributed by atoms with Crippen molar-refractivity contribution in [1.29, 1.82) is 0 Å². The summed E-state index contributed by atoms with van der Waals surface area (Å²) in [5.41, 5.74) is 1.25. The Morgan fingerprint density at radius 2 is 2.00 bits per heavy atom. The minimum Gasteiger partial charge on any atom is -0.372 e. The quantitative estimate of drug-likeness (QED) is 0.721. The summed E-state index contributed by atoms with van der Waals surface area (Å²) in [4.78, 5) is 0.598. The fraction of sp³-hybridized carbons (Fsp3) is 0.400. The lowest BCUT2D eigenvalue weighted by Crippen LogP contribution is -1.96. The molecule has 1 aliphatic rings. The van der Waals surface area contributed by atoms with Crippen LogP contribution in [0.5, 0.6) is 0 Å². The zero-order chi connectivity index (χ0) is 8.39. The number of alkyl halides is 1. The number of rotatable bonds is 3. The van der Waals surface area contributed by atoms with E-state index >= 15 is 0 Å². The minimum atomic E-state index is 0.449. The molecule has 2 atom stereocenters. The van der Waals surface area contributed by atoms with E-state index in [9.17, 15) is 0 Å². The van der Waals surface area contributed by atoms with Gasteiger partial charge in [0, 0.05) is 4.83 Å². The second-order valence-electron chi connectivity index (χ2n) is 3.09. The zero-order valence-corrected chi connectivity index (χ0v) is 8.33. The number of halogens is 1. The fourth-order valence-corrected chi connectivity index (χ4v) is 1.61. The third-order valence-electron chi connectivity index (χ3n) is 1.96. The van der Waals surface area contributed by atoms with E-state index in [0.29, 0.717) is 10.9 Å². The topological polar surface area (TPSA) is 9.23 Å². The van der Waals surface area contributed by atoms with E-state index < -0.39 is 0 Å². The van der Waals surface area contributed by atoms with Crippen LogP contribution in [0.2, 0.25) is 0 Å². The van der Waals surface area contributed by atoms with Gasteiger partial charge in [-0.15, -0.1) is 0 Å². The Hall–Kier alpha value is -0.340. The monoisotopic (exact) mass is 226 g/mol. The van der Waals surface area contributed by atoms with Crippen molar-refractivity contribution in [3.63, 3.8) is 0 Å². The molecule has 0 bridgehead atoms. The molecule has 2 rings (SSSR count). The van der Waals surface area contributed by atoms with E-state index in [1.807, 2.05) is 18.2 Å². The lowest BCUT2D eigenvalue weighted by molar-refractivity contribution is 0.107. The van der Waals surface area contributed by atoms with E-state index in [-0.39, 0.29) is 0 Å². The van der Waals surface area contributed by atoms with E-state index in [1.165, 1.54) is 5.56 Å². The van der Waals surface area contributed by atoms with Crippen LogP contribution in [0.4, 0.5) is 0 Å². The number of ether oxygens (including phenoxy) is 1. The normalized spacial score (nSPS) is 27.1. The third-order valence-corrected chi connectivity index (χ3v) is 2.93. The van der Waals surface area contributed by atoms with Crippen molar-refractivity contribution < 1.29 is 4.74 Å². The highest BCUT2D eigenvalue weighted by Gasteiger charge is 2.35. The molecule has 0 heterocycles. The van der Waals surface area contributed by atoms with Gasteiger partial charge in [0.15, 0.2) is 0 Å². The molecule has 2 heteroatoms. The maximum absolute atomic E-state index is 5.60. The summed E-state index contributed by atoms with van der Waals surface area (Å²) in [6.45, 7) is 0.744. The van der Waals surface area contributed by atoms with E-state index in [4.69, 9.17) is 4.74 Å². The number of benzene rings is 1. The molecule has 12 heavy (non-hydrogen) atoms. The molecule has 0 N–H and O–H groups in total. The van der Waals surface area contributed by atoms with Crippen molar-refractivity contribution in [2.75, 3.05) is 0 Å². The summed E-state index contributed by atoms with van der Waals surface area (Å²) < 4.78 is 5.60. The van der Waals surface area contributed by atoms with Crippen LogP contribution in [0.1, 0.15) is 12.0 Å². The van der Waals surface area contributed by atoms with Gasteiger partial charge in [-0.1, -0.05) is 46.3 Å². The van der Waals surface area contributed by atoms with E-state index in [2.05, 4.69) is 28.1 Å². The van der Waals surface area contributed by atoms with Crippen molar-refractivity contribution in [3.05, 3.63) is 35.9 Å². The molecule has 0 amide bonds. The van der Waals surface area contributed by atoms with E-state index in [0.717, 1.165) is 13.0 Å². The Morgan fingerprint density at radius 3 is 2.58 bits per heavy atom. The van der Waals surface area contributed by atoms with Crippen LogP contribution in [0.25, 0.3) is 0 Å². The van der Waals surface area contributed by atoms with Crippen LogP contribution in [-0.4, -0.2) is 10.9 Å². The Kier molecular flexibility index (Phi) is 2.47. The Labute approximate surface area is 80.9 Å². The molecule has 1 aliphatic carbocycles. The Bertz CT molecular complexity index is 247. The highest BCUT2D eigenvalue weighted by atomic mass is 79.9. The van der Waals surface area contributed by atoms with Gasteiger partial charge in [-0.25, -0.2) is 0 Å². The van der Waals surface area contributed by atoms with Crippen LogP contribution in [-0.2, 0) is 11.3 Å². The van der Waals surface area contributed by atoms with Crippen LogP contribution in [0.3, 0.4) is 0 Å². The third kappa shape index (κ3) is 2.08. The van der Waals surface area contributed by atoms with Crippen LogP contribution in [0, 0.1) is 0 Å². The molecule has 0 spiro atoms. The highest BCUT2D eigenvalue weighted by molar-refractivity contribution is 9.09. The second kappa shape index (κ2) is 3.58. The molecule has 1 fully saturated rings. The molecule has 1 saturated carbocycles. The Morgan fingerprint density at radius 1 is 1.33 bits per heavy atom. The molecule has 0 unspecified atom stereocenters. The highest BCUT2D eigenvalue weighted by Crippen LogP contribution is 2.33. The summed E-state index contributed by atoms with van der Waals surface area (Å²) in [5, 5.41) is 0. The molecule has 64 valence electrons. The van der Waals surface area contributed by atoms with Crippen molar-refractivity contribution >= 4 is 15.9 Å². The molecule has 1 nitrogen and oxygen atoms in total. The van der Waals surface area contributed by atoms with Gasteiger partial charge in [0.05, 0.1) is 12.7 Å². The first-order valence-corrected chi connectivity index (χ1v) is 5.07. The molecular weight excluding hydrogens is 216 g/mol. The fourth-order valence-electron chi connectivity index (χ4n) is 1.09. The van der Waals surface area contributed by atoms with Gasteiger partial charge in [-0.05, 0) is 12.0 Å². The minimum absolute atomic E-state index is 0.449. The lowest BCUT2D eigenvalue weighted by Gasteiger charge is -2.01. The number of hydrogen-bond donors (Lipinski definition) is 0. The average Bonchev–Trinajstić information content (AvgIpc) is 2.81. The van der Waals surface area contributed by atoms with Crippen molar-refractivity contribution in [2.24, 2.45) is 0 Å². The van der Waals surface area contributed by atoms with Crippen LogP contribution >= 0.6 is 15.9 Å². The molecule has 1 aromatic rings. The molecular formula is C10H11BrO. The largest absolute Gasteiger partial charge is 0.372 e. The summed E-state index contributed by atoms with van der Waals surface area (Å²) in [7, 11) is 0. The average molecular weight is 227 g/mol. The maximum Gasteiger partial charge on any atom is 0.0721 e. The first-order chi connectivity index (χ1) is 5.86. The summed E-state index contributed by atoms with van der Waals surface area (Å²) >= 11 is 3.50. The predicted molar refractivity (Wildman–Crippen MR) is 52.4 cm³/mol. The summed E-state index contributed by atoms with van der Waals surface area (Å²) in [6, 6.07) is 10.3. The second-order valence-corrected chi connectivity index (χ2v) is 4.26. The maximum atomic E-state index is 5.60. The molecule has 0 saturated heterocycles. The van der Waals surface area contributed by atoms with Crippen LogP contribution < -0.4 is 0 Å². The Balaban J connectivity index is 1.80. The first-order valence-electron chi connectivity index (χ1n) is 4.16. The van der Waals surface area contributed by atoms with Crippen LogP contribution in [0.15, 0.2) is 30.3 Å². The predicted octanol–water partition coefficient (Wildman–Crippen LogP) is 2.74. The van der Waals surface area contributed by atoms with Gasteiger partial charge in [0.2, 0.25) is 0 Å². The molecule has 0 aliphatic heterocycles.